The number of hydrogen-bond acceptors (Lipinski definition) is 3. The summed E-state index contributed by atoms with van der Waals surface area (Å²) >= 11 is 0. The topological polar surface area (TPSA) is 83.8 Å². The van der Waals surface area contributed by atoms with Gasteiger partial charge in [-0.2, -0.15) is 0 Å². The van der Waals surface area contributed by atoms with Crippen LogP contribution in [0.15, 0.2) is 30.3 Å². The molecule has 0 aliphatic rings. The first-order chi connectivity index (χ1) is 18.5. The third-order valence-electron chi connectivity index (χ3n) is 7.02. The van der Waals surface area contributed by atoms with Crippen LogP contribution in [-0.4, -0.2) is 35.4 Å². The molecule has 2 aromatic rings. The zero-order valence-electron chi connectivity index (χ0n) is 23.2. The Morgan fingerprint density at radius 2 is 1.24 bits per heavy atom. The summed E-state index contributed by atoms with van der Waals surface area (Å²) in [4.78, 5) is 23.2. The summed E-state index contributed by atoms with van der Waals surface area (Å²) in [5.74, 6) is 3.60. The molecule has 0 aliphatic carbocycles. The summed E-state index contributed by atoms with van der Waals surface area (Å²) in [6.45, 7) is 3.13. The van der Waals surface area contributed by atoms with Crippen molar-refractivity contribution in [3.63, 3.8) is 0 Å². The maximum atomic E-state index is 11.7. The number of carbonyl (C=O) groups is 2. The second-order valence-electron chi connectivity index (χ2n) is 10.2. The Bertz CT molecular complexity index is 1050. The Balaban J connectivity index is 1.55. The van der Waals surface area contributed by atoms with Gasteiger partial charge in [0, 0.05) is 12.2 Å². The van der Waals surface area contributed by atoms with E-state index in [1.807, 2.05) is 0 Å². The number of fused-ring (bicyclic) bond motifs is 1. The molecule has 0 saturated heterocycles. The van der Waals surface area contributed by atoms with Gasteiger partial charge in [-0.25, -0.2) is 9.59 Å². The number of hydrogen-bond donors (Lipinski definition) is 2. The average molecular weight is 523 g/mol. The van der Waals surface area contributed by atoms with Crippen LogP contribution in [0.25, 0.3) is 10.8 Å². The number of aromatic carboxylic acids is 2. The highest BCUT2D eigenvalue weighted by atomic mass is 16.5. The minimum absolute atomic E-state index is 0.0605. The van der Waals surface area contributed by atoms with Gasteiger partial charge < -0.3 is 14.9 Å². The Kier molecular flexibility index (Phi) is 15.9. The molecule has 2 N–H and O–H groups in total. The summed E-state index contributed by atoms with van der Waals surface area (Å²) in [6, 6.07) is 7.83. The molecule has 0 fully saturated rings. The maximum absolute atomic E-state index is 11.7. The van der Waals surface area contributed by atoms with Crippen molar-refractivity contribution in [1.82, 2.24) is 0 Å². The summed E-state index contributed by atoms with van der Waals surface area (Å²) in [6.07, 6.45) is 21.3. The zero-order valence-corrected chi connectivity index (χ0v) is 23.2. The Morgan fingerprint density at radius 1 is 0.711 bits per heavy atom. The van der Waals surface area contributed by atoms with Gasteiger partial charge in [-0.15, -0.1) is 0 Å². The van der Waals surface area contributed by atoms with Crippen LogP contribution >= 0.6 is 0 Å². The Labute approximate surface area is 229 Å². The molecule has 0 unspecified atom stereocenters. The molecule has 2 aromatic carbocycles. The molecule has 208 valence electrons. The minimum Gasteiger partial charge on any atom is -0.478 e. The van der Waals surface area contributed by atoms with Crippen LogP contribution in [0.5, 0.6) is 0 Å². The molecule has 0 atom stereocenters. The third kappa shape index (κ3) is 12.1. The van der Waals surface area contributed by atoms with Crippen LogP contribution in [0.3, 0.4) is 0 Å². The van der Waals surface area contributed by atoms with Crippen LogP contribution in [0.4, 0.5) is 0 Å². The van der Waals surface area contributed by atoms with Gasteiger partial charge in [-0.3, -0.25) is 0 Å². The van der Waals surface area contributed by atoms with Gasteiger partial charge in [0.25, 0.3) is 0 Å². The summed E-state index contributed by atoms with van der Waals surface area (Å²) < 4.78 is 5.61. The van der Waals surface area contributed by atoms with Crippen molar-refractivity contribution in [1.29, 1.82) is 0 Å². The van der Waals surface area contributed by atoms with Gasteiger partial charge in [0.2, 0.25) is 0 Å². The van der Waals surface area contributed by atoms with Gasteiger partial charge in [0.1, 0.15) is 6.61 Å². The molecule has 0 aromatic heterocycles. The lowest BCUT2D eigenvalue weighted by molar-refractivity contribution is 0.0688. The second-order valence-corrected chi connectivity index (χ2v) is 10.2. The lowest BCUT2D eigenvalue weighted by Crippen LogP contribution is -2.03. The summed E-state index contributed by atoms with van der Waals surface area (Å²) in [5.41, 5.74) is 0.484. The van der Waals surface area contributed by atoms with E-state index in [0.717, 1.165) is 12.8 Å². The van der Waals surface area contributed by atoms with Crippen molar-refractivity contribution in [3.05, 3.63) is 47.0 Å². The molecule has 0 bridgehead atoms. The molecule has 0 aliphatic heterocycles. The van der Waals surface area contributed by atoms with E-state index in [-0.39, 0.29) is 17.7 Å². The van der Waals surface area contributed by atoms with Crippen molar-refractivity contribution in [3.8, 4) is 11.8 Å². The summed E-state index contributed by atoms with van der Waals surface area (Å²) in [7, 11) is 0. The lowest BCUT2D eigenvalue weighted by atomic mass is 9.97. The molecule has 38 heavy (non-hydrogen) atoms. The number of rotatable bonds is 20. The standard InChI is InChI=1S/C33H46O5/c1-2-3-4-5-6-7-8-9-10-11-12-13-14-15-16-17-23-38-24-19-21-28-25-30-27(26-31(28)33(36)37)20-18-22-29(30)32(34)35/h18,20,22,25-26H,2-17,23-24H2,1H3,(H,34,35)(H,36,37). The highest BCUT2D eigenvalue weighted by molar-refractivity contribution is 6.06. The van der Waals surface area contributed by atoms with E-state index in [0.29, 0.717) is 22.9 Å². The van der Waals surface area contributed by atoms with Gasteiger partial charge in [0.05, 0.1) is 11.1 Å². The van der Waals surface area contributed by atoms with Crippen molar-refractivity contribution >= 4 is 22.7 Å². The predicted octanol–water partition coefficient (Wildman–Crippen LogP) is 8.87. The molecular weight excluding hydrogens is 476 g/mol. The molecule has 5 heteroatoms. The zero-order chi connectivity index (χ0) is 27.4. The fourth-order valence-corrected chi connectivity index (χ4v) is 4.80. The van der Waals surface area contributed by atoms with E-state index >= 15 is 0 Å². The molecule has 0 saturated carbocycles. The van der Waals surface area contributed by atoms with Crippen molar-refractivity contribution in [2.75, 3.05) is 13.2 Å². The number of benzene rings is 2. The first-order valence-corrected chi connectivity index (χ1v) is 14.6. The second kappa shape index (κ2) is 19.3. The SMILES string of the molecule is CCCCCCCCCCCCCCCCCCOCC#Cc1cc2c(C(=O)O)cccc2cc1C(=O)O. The van der Waals surface area contributed by atoms with Crippen LogP contribution in [0.1, 0.15) is 136 Å². The number of ether oxygens (including phenoxy) is 1. The van der Waals surface area contributed by atoms with E-state index in [2.05, 4.69) is 18.8 Å². The van der Waals surface area contributed by atoms with Crippen LogP contribution in [0, 0.1) is 11.8 Å². The molecular formula is C33H46O5. The number of unbranched alkanes of at least 4 members (excludes halogenated alkanes) is 15. The maximum Gasteiger partial charge on any atom is 0.336 e. The smallest absolute Gasteiger partial charge is 0.336 e. The van der Waals surface area contributed by atoms with Crippen molar-refractivity contribution in [2.45, 2.75) is 110 Å². The lowest BCUT2D eigenvalue weighted by Gasteiger charge is -2.06. The number of carboxylic acids is 2. The predicted molar refractivity (Wildman–Crippen MR) is 155 cm³/mol. The monoisotopic (exact) mass is 522 g/mol. The van der Waals surface area contributed by atoms with E-state index in [1.165, 1.54) is 102 Å². The fourth-order valence-electron chi connectivity index (χ4n) is 4.80. The first-order valence-electron chi connectivity index (χ1n) is 14.6. The van der Waals surface area contributed by atoms with E-state index in [9.17, 15) is 19.8 Å². The van der Waals surface area contributed by atoms with Crippen molar-refractivity contribution < 1.29 is 24.5 Å². The fraction of sp³-hybridized carbons (Fsp3) is 0.576. The van der Waals surface area contributed by atoms with E-state index in [4.69, 9.17) is 4.74 Å². The Morgan fingerprint density at radius 3 is 1.76 bits per heavy atom. The molecule has 0 spiro atoms. The highest BCUT2D eigenvalue weighted by Gasteiger charge is 2.14. The first kappa shape index (κ1) is 31.4. The van der Waals surface area contributed by atoms with E-state index in [1.54, 1.807) is 18.2 Å². The number of carboxylic acid groups (broad SMARTS) is 2. The van der Waals surface area contributed by atoms with Crippen LogP contribution in [-0.2, 0) is 4.74 Å². The molecule has 0 amide bonds. The van der Waals surface area contributed by atoms with Gasteiger partial charge in [-0.1, -0.05) is 127 Å². The van der Waals surface area contributed by atoms with Crippen LogP contribution in [0.2, 0.25) is 0 Å². The quantitative estimate of drug-likeness (QED) is 0.134. The van der Waals surface area contributed by atoms with Crippen LogP contribution < -0.4 is 0 Å². The van der Waals surface area contributed by atoms with Gasteiger partial charge >= 0.3 is 11.9 Å². The average Bonchev–Trinajstić information content (AvgIpc) is 2.91. The molecule has 5 nitrogen and oxygen atoms in total. The largest absolute Gasteiger partial charge is 0.478 e. The molecule has 0 radical (unpaired) electrons. The van der Waals surface area contributed by atoms with E-state index < -0.39 is 11.9 Å². The Hall–Kier alpha value is -2.84. The van der Waals surface area contributed by atoms with Gasteiger partial charge in [0.15, 0.2) is 0 Å². The van der Waals surface area contributed by atoms with Gasteiger partial charge in [-0.05, 0) is 35.4 Å². The normalized spacial score (nSPS) is 10.9. The third-order valence-corrected chi connectivity index (χ3v) is 7.02. The summed E-state index contributed by atoms with van der Waals surface area (Å²) in [5, 5.41) is 20.0. The minimum atomic E-state index is -1.09. The van der Waals surface area contributed by atoms with Crippen molar-refractivity contribution in [2.24, 2.45) is 0 Å². The molecule has 0 heterocycles. The molecule has 2 rings (SSSR count). The highest BCUT2D eigenvalue weighted by Crippen LogP contribution is 2.24.